The Morgan fingerprint density at radius 1 is 1.30 bits per heavy atom. The molecule has 0 saturated carbocycles. The van der Waals surface area contributed by atoms with Gasteiger partial charge < -0.3 is 19.9 Å². The molecule has 5 nitrogen and oxygen atoms in total. The van der Waals surface area contributed by atoms with Crippen molar-refractivity contribution in [1.29, 1.82) is 0 Å². The van der Waals surface area contributed by atoms with Crippen LogP contribution in [0.2, 0.25) is 0 Å². The van der Waals surface area contributed by atoms with Gasteiger partial charge in [0.25, 0.3) is 5.91 Å². The number of carbonyl (C=O) groups excluding carboxylic acids is 1. The molecule has 1 amide bonds. The van der Waals surface area contributed by atoms with Crippen LogP contribution in [0.25, 0.3) is 0 Å². The van der Waals surface area contributed by atoms with Crippen LogP contribution in [-0.2, 0) is 0 Å². The monoisotopic (exact) mass is 275 g/mol. The third-order valence-corrected chi connectivity index (χ3v) is 4.14. The van der Waals surface area contributed by atoms with E-state index in [1.54, 1.807) is 4.90 Å². The van der Waals surface area contributed by atoms with Gasteiger partial charge in [-0.1, -0.05) is 0 Å². The zero-order valence-corrected chi connectivity index (χ0v) is 12.1. The van der Waals surface area contributed by atoms with E-state index in [1.165, 1.54) is 0 Å². The first-order chi connectivity index (χ1) is 9.66. The number of nitrogens with one attached hydrogen (secondary N) is 1. The molecule has 2 aliphatic heterocycles. The molecule has 1 saturated heterocycles. The van der Waals surface area contributed by atoms with Crippen LogP contribution in [0.3, 0.4) is 0 Å². The van der Waals surface area contributed by atoms with E-state index in [1.807, 2.05) is 32.2 Å². The van der Waals surface area contributed by atoms with Crippen LogP contribution in [-0.4, -0.2) is 56.7 Å². The van der Waals surface area contributed by atoms with Gasteiger partial charge in [0.2, 0.25) is 0 Å². The second-order valence-electron chi connectivity index (χ2n) is 5.49. The normalized spacial score (nSPS) is 23.1. The Balaban J connectivity index is 1.93. The number of benzene rings is 1. The second kappa shape index (κ2) is 5.32. The van der Waals surface area contributed by atoms with Gasteiger partial charge in [-0.3, -0.25) is 4.79 Å². The molecule has 3 rings (SSSR count). The number of rotatable bonds is 1. The van der Waals surface area contributed by atoms with Gasteiger partial charge in [-0.05, 0) is 25.1 Å². The maximum absolute atomic E-state index is 12.5. The zero-order chi connectivity index (χ0) is 14.1. The SMILES string of the molecule is CC1COc2ccc(N3CCNCC3)cc2C(=O)N1C. The predicted molar refractivity (Wildman–Crippen MR) is 78.6 cm³/mol. The van der Waals surface area contributed by atoms with Crippen molar-refractivity contribution >= 4 is 11.6 Å². The van der Waals surface area contributed by atoms with Gasteiger partial charge in [-0.2, -0.15) is 0 Å². The molecule has 0 radical (unpaired) electrons. The van der Waals surface area contributed by atoms with Crippen LogP contribution >= 0.6 is 0 Å². The summed E-state index contributed by atoms with van der Waals surface area (Å²) in [6, 6.07) is 6.04. The minimum absolute atomic E-state index is 0.0435. The highest BCUT2D eigenvalue weighted by atomic mass is 16.5. The Morgan fingerprint density at radius 3 is 2.80 bits per heavy atom. The van der Waals surface area contributed by atoms with Gasteiger partial charge in [0.05, 0.1) is 11.6 Å². The highest BCUT2D eigenvalue weighted by Gasteiger charge is 2.26. The standard InChI is InChI=1S/C15H21N3O2/c1-11-10-20-14-4-3-12(18-7-5-16-6-8-18)9-13(14)15(19)17(11)2/h3-4,9,11,16H,5-8,10H2,1-2H3. The van der Waals surface area contributed by atoms with Crippen molar-refractivity contribution in [3.05, 3.63) is 23.8 Å². The highest BCUT2D eigenvalue weighted by molar-refractivity contribution is 5.98. The molecule has 1 N–H and O–H groups in total. The number of ether oxygens (including phenoxy) is 1. The average molecular weight is 275 g/mol. The molecule has 1 aromatic carbocycles. The predicted octanol–water partition coefficient (Wildman–Crippen LogP) is 0.949. The summed E-state index contributed by atoms with van der Waals surface area (Å²) in [7, 11) is 1.84. The maximum atomic E-state index is 12.5. The van der Waals surface area contributed by atoms with E-state index in [0.29, 0.717) is 17.9 Å². The van der Waals surface area contributed by atoms with Gasteiger partial charge in [0.1, 0.15) is 12.4 Å². The van der Waals surface area contributed by atoms with Crippen molar-refractivity contribution in [2.24, 2.45) is 0 Å². The van der Waals surface area contributed by atoms with Gasteiger partial charge in [0.15, 0.2) is 0 Å². The van der Waals surface area contributed by atoms with Crippen molar-refractivity contribution < 1.29 is 9.53 Å². The molecule has 20 heavy (non-hydrogen) atoms. The first kappa shape index (κ1) is 13.2. The molecule has 1 atom stereocenters. The molecule has 1 aromatic rings. The molecular formula is C15H21N3O2. The van der Waals surface area contributed by atoms with Crippen molar-refractivity contribution in [3.63, 3.8) is 0 Å². The number of nitrogens with zero attached hydrogens (tertiary/aromatic N) is 2. The minimum atomic E-state index is 0.0435. The molecule has 0 spiro atoms. The fraction of sp³-hybridized carbons (Fsp3) is 0.533. The summed E-state index contributed by atoms with van der Waals surface area (Å²) in [5.74, 6) is 0.743. The number of likely N-dealkylation sites (N-methyl/N-ethyl adjacent to an activating group) is 1. The number of amides is 1. The van der Waals surface area contributed by atoms with Crippen molar-refractivity contribution in [2.75, 3.05) is 44.7 Å². The molecule has 0 aliphatic carbocycles. The molecular weight excluding hydrogens is 254 g/mol. The molecule has 1 unspecified atom stereocenters. The van der Waals surface area contributed by atoms with Crippen molar-refractivity contribution in [3.8, 4) is 5.75 Å². The summed E-state index contributed by atoms with van der Waals surface area (Å²) in [4.78, 5) is 16.6. The van der Waals surface area contributed by atoms with E-state index in [2.05, 4.69) is 10.2 Å². The summed E-state index contributed by atoms with van der Waals surface area (Å²) in [6.07, 6.45) is 0. The third-order valence-electron chi connectivity index (χ3n) is 4.14. The van der Waals surface area contributed by atoms with E-state index in [4.69, 9.17) is 4.74 Å². The van der Waals surface area contributed by atoms with E-state index in [9.17, 15) is 4.79 Å². The van der Waals surface area contributed by atoms with Crippen LogP contribution in [0.15, 0.2) is 18.2 Å². The fourth-order valence-corrected chi connectivity index (χ4v) is 2.64. The number of piperazine rings is 1. The lowest BCUT2D eigenvalue weighted by Gasteiger charge is -2.30. The Morgan fingerprint density at radius 2 is 2.05 bits per heavy atom. The van der Waals surface area contributed by atoms with Gasteiger partial charge in [0, 0.05) is 38.9 Å². The first-order valence-corrected chi connectivity index (χ1v) is 7.16. The van der Waals surface area contributed by atoms with Gasteiger partial charge in [-0.25, -0.2) is 0 Å². The molecule has 1 fully saturated rings. The van der Waals surface area contributed by atoms with Crippen LogP contribution in [0, 0.1) is 0 Å². The number of fused-ring (bicyclic) bond motifs is 1. The Kier molecular flexibility index (Phi) is 3.53. The van der Waals surface area contributed by atoms with Crippen LogP contribution in [0.5, 0.6) is 5.75 Å². The number of hydrogen-bond acceptors (Lipinski definition) is 4. The smallest absolute Gasteiger partial charge is 0.257 e. The quantitative estimate of drug-likeness (QED) is 0.829. The van der Waals surface area contributed by atoms with Crippen LogP contribution in [0.1, 0.15) is 17.3 Å². The Labute approximate surface area is 119 Å². The molecule has 2 heterocycles. The lowest BCUT2D eigenvalue weighted by atomic mass is 10.1. The van der Waals surface area contributed by atoms with E-state index in [0.717, 1.165) is 31.9 Å². The molecule has 2 aliphatic rings. The zero-order valence-electron chi connectivity index (χ0n) is 12.1. The first-order valence-electron chi connectivity index (χ1n) is 7.16. The summed E-state index contributed by atoms with van der Waals surface area (Å²) in [5.41, 5.74) is 1.78. The Hall–Kier alpha value is -1.75. The number of carbonyl (C=O) groups is 1. The summed E-state index contributed by atoms with van der Waals surface area (Å²) in [5, 5.41) is 3.34. The summed E-state index contributed by atoms with van der Waals surface area (Å²) in [6.45, 7) is 6.46. The van der Waals surface area contributed by atoms with E-state index < -0.39 is 0 Å². The lowest BCUT2D eigenvalue weighted by Crippen LogP contribution is -2.43. The summed E-state index contributed by atoms with van der Waals surface area (Å²) >= 11 is 0. The minimum Gasteiger partial charge on any atom is -0.491 e. The van der Waals surface area contributed by atoms with Crippen molar-refractivity contribution in [2.45, 2.75) is 13.0 Å². The number of hydrogen-bond donors (Lipinski definition) is 1. The van der Waals surface area contributed by atoms with E-state index >= 15 is 0 Å². The lowest BCUT2D eigenvalue weighted by molar-refractivity contribution is 0.0732. The maximum Gasteiger partial charge on any atom is 0.257 e. The van der Waals surface area contributed by atoms with Gasteiger partial charge in [-0.15, -0.1) is 0 Å². The topological polar surface area (TPSA) is 44.8 Å². The summed E-state index contributed by atoms with van der Waals surface area (Å²) < 4.78 is 5.75. The molecule has 0 aromatic heterocycles. The van der Waals surface area contributed by atoms with Crippen LogP contribution < -0.4 is 15.0 Å². The second-order valence-corrected chi connectivity index (χ2v) is 5.49. The Bertz CT molecular complexity index is 512. The molecule has 5 heteroatoms. The van der Waals surface area contributed by atoms with Gasteiger partial charge >= 0.3 is 0 Å². The third kappa shape index (κ3) is 2.33. The van der Waals surface area contributed by atoms with Crippen molar-refractivity contribution in [1.82, 2.24) is 10.2 Å². The van der Waals surface area contributed by atoms with Crippen LogP contribution in [0.4, 0.5) is 5.69 Å². The molecule has 108 valence electrons. The molecule has 0 bridgehead atoms. The fourth-order valence-electron chi connectivity index (χ4n) is 2.64. The highest BCUT2D eigenvalue weighted by Crippen LogP contribution is 2.29. The number of anilines is 1. The average Bonchev–Trinajstić information content (AvgIpc) is 2.61. The van der Waals surface area contributed by atoms with E-state index in [-0.39, 0.29) is 11.9 Å². The largest absolute Gasteiger partial charge is 0.491 e.